The fourth-order valence-corrected chi connectivity index (χ4v) is 2.12. The molecule has 1 N–H and O–H groups in total. The van der Waals surface area contributed by atoms with Crippen molar-refractivity contribution in [3.8, 4) is 0 Å². The van der Waals surface area contributed by atoms with Crippen molar-refractivity contribution in [3.63, 3.8) is 0 Å². The maximum atomic E-state index is 12.5. The van der Waals surface area contributed by atoms with Gasteiger partial charge < -0.3 is 10.0 Å². The first kappa shape index (κ1) is 14.5. The van der Waals surface area contributed by atoms with Crippen molar-refractivity contribution < 1.29 is 9.90 Å². The maximum Gasteiger partial charge on any atom is 0.255 e. The molecule has 1 heterocycles. The average molecular weight is 272 g/mol. The molecule has 2 rings (SSSR count). The summed E-state index contributed by atoms with van der Waals surface area (Å²) in [7, 11) is 1.70. The lowest BCUT2D eigenvalue weighted by Crippen LogP contribution is -2.37. The van der Waals surface area contributed by atoms with Gasteiger partial charge in [0.05, 0.1) is 29.4 Å². The second-order valence-corrected chi connectivity index (χ2v) is 5.27. The number of aliphatic hydroxyl groups is 1. The number of aliphatic hydroxyl groups excluding tert-OH is 1. The van der Waals surface area contributed by atoms with E-state index >= 15 is 0 Å². The van der Waals surface area contributed by atoms with E-state index in [9.17, 15) is 4.79 Å². The molecule has 20 heavy (non-hydrogen) atoms. The molecule has 1 aromatic heterocycles. The van der Waals surface area contributed by atoms with Gasteiger partial charge >= 0.3 is 0 Å². The van der Waals surface area contributed by atoms with Crippen LogP contribution in [0.3, 0.4) is 0 Å². The second-order valence-electron chi connectivity index (χ2n) is 5.27. The Morgan fingerprint density at radius 2 is 2.05 bits per heavy atom. The Hall–Kier alpha value is -1.94. The van der Waals surface area contributed by atoms with Gasteiger partial charge in [-0.15, -0.1) is 0 Å². The molecular formula is C16H20N2O2. The lowest BCUT2D eigenvalue weighted by atomic mass is 10.1. The predicted octanol–water partition coefficient (Wildman–Crippen LogP) is 2.30. The Morgan fingerprint density at radius 1 is 1.35 bits per heavy atom. The molecule has 0 aliphatic rings. The van der Waals surface area contributed by atoms with Crippen molar-refractivity contribution in [3.05, 3.63) is 41.1 Å². The van der Waals surface area contributed by atoms with Gasteiger partial charge in [0.25, 0.3) is 5.91 Å². The summed E-state index contributed by atoms with van der Waals surface area (Å²) in [6, 6.07) is 7.67. The quantitative estimate of drug-likeness (QED) is 0.932. The minimum atomic E-state index is -0.213. The number of aromatic nitrogens is 1. The number of aryl methyl sites for hydroxylation is 2. The molecule has 2 aromatic rings. The van der Waals surface area contributed by atoms with Crippen LogP contribution in [0, 0.1) is 13.8 Å². The van der Waals surface area contributed by atoms with Crippen LogP contribution in [0.15, 0.2) is 24.3 Å². The summed E-state index contributed by atoms with van der Waals surface area (Å²) in [5.41, 5.74) is 3.33. The molecule has 1 amide bonds. The second kappa shape index (κ2) is 5.59. The zero-order valence-corrected chi connectivity index (χ0v) is 12.3. The van der Waals surface area contributed by atoms with Crippen molar-refractivity contribution in [1.82, 2.24) is 9.88 Å². The van der Waals surface area contributed by atoms with Gasteiger partial charge in [-0.3, -0.25) is 9.78 Å². The summed E-state index contributed by atoms with van der Waals surface area (Å²) in [6.45, 7) is 5.61. The van der Waals surface area contributed by atoms with Gasteiger partial charge in [-0.1, -0.05) is 11.6 Å². The number of carbonyl (C=O) groups excluding carboxylic acids is 1. The summed E-state index contributed by atoms with van der Waals surface area (Å²) >= 11 is 0. The van der Waals surface area contributed by atoms with E-state index in [1.54, 1.807) is 11.9 Å². The molecule has 4 heteroatoms. The topological polar surface area (TPSA) is 53.4 Å². The van der Waals surface area contributed by atoms with Crippen LogP contribution in [0.4, 0.5) is 0 Å². The minimum Gasteiger partial charge on any atom is -0.394 e. The molecule has 0 spiro atoms. The fraction of sp³-hybridized carbons (Fsp3) is 0.375. The zero-order valence-electron chi connectivity index (χ0n) is 12.3. The number of hydrogen-bond donors (Lipinski definition) is 1. The Kier molecular flexibility index (Phi) is 4.04. The summed E-state index contributed by atoms with van der Waals surface area (Å²) in [4.78, 5) is 18.5. The number of benzene rings is 1. The van der Waals surface area contributed by atoms with Gasteiger partial charge in [0.15, 0.2) is 0 Å². The third-order valence-corrected chi connectivity index (χ3v) is 3.64. The van der Waals surface area contributed by atoms with Crippen molar-refractivity contribution in [2.24, 2.45) is 0 Å². The normalized spacial score (nSPS) is 12.4. The lowest BCUT2D eigenvalue weighted by Gasteiger charge is -2.23. The summed E-state index contributed by atoms with van der Waals surface area (Å²) in [5, 5.41) is 10.1. The SMILES string of the molecule is Cc1ccc2nc(C)c(C(=O)N(C)C(C)CO)cc2c1. The molecule has 0 saturated heterocycles. The fourth-order valence-electron chi connectivity index (χ4n) is 2.12. The number of pyridine rings is 1. The predicted molar refractivity (Wildman–Crippen MR) is 79.9 cm³/mol. The molecular weight excluding hydrogens is 252 g/mol. The molecule has 0 fully saturated rings. The van der Waals surface area contributed by atoms with Crippen molar-refractivity contribution >= 4 is 16.8 Å². The van der Waals surface area contributed by atoms with Crippen molar-refractivity contribution in [2.45, 2.75) is 26.8 Å². The smallest absolute Gasteiger partial charge is 0.255 e. The first-order valence-corrected chi connectivity index (χ1v) is 6.70. The van der Waals surface area contributed by atoms with Gasteiger partial charge in [-0.25, -0.2) is 0 Å². The lowest BCUT2D eigenvalue weighted by molar-refractivity contribution is 0.0681. The average Bonchev–Trinajstić information content (AvgIpc) is 2.44. The van der Waals surface area contributed by atoms with Gasteiger partial charge in [0.2, 0.25) is 0 Å². The molecule has 0 saturated carbocycles. The van der Waals surface area contributed by atoms with Crippen LogP contribution in [0.25, 0.3) is 10.9 Å². The van der Waals surface area contributed by atoms with Crippen LogP contribution in [-0.4, -0.2) is 40.6 Å². The summed E-state index contributed by atoms with van der Waals surface area (Å²) in [5.74, 6) is -0.111. The van der Waals surface area contributed by atoms with Crippen LogP contribution >= 0.6 is 0 Å². The number of hydrogen-bond acceptors (Lipinski definition) is 3. The van der Waals surface area contributed by atoms with E-state index in [0.717, 1.165) is 16.5 Å². The number of carbonyl (C=O) groups is 1. The summed E-state index contributed by atoms with van der Waals surface area (Å²) < 4.78 is 0. The first-order valence-electron chi connectivity index (χ1n) is 6.70. The molecule has 0 bridgehead atoms. The van der Waals surface area contributed by atoms with E-state index in [1.807, 2.05) is 45.0 Å². The highest BCUT2D eigenvalue weighted by Crippen LogP contribution is 2.19. The van der Waals surface area contributed by atoms with Crippen molar-refractivity contribution in [1.29, 1.82) is 0 Å². The minimum absolute atomic E-state index is 0.0542. The van der Waals surface area contributed by atoms with E-state index in [2.05, 4.69) is 4.98 Å². The maximum absolute atomic E-state index is 12.5. The largest absolute Gasteiger partial charge is 0.394 e. The molecule has 1 atom stereocenters. The van der Waals surface area contributed by atoms with Gasteiger partial charge in [-0.2, -0.15) is 0 Å². The van der Waals surface area contributed by atoms with Crippen LogP contribution in [-0.2, 0) is 0 Å². The Bertz CT molecular complexity index is 652. The Labute approximate surface area is 119 Å². The Morgan fingerprint density at radius 3 is 2.70 bits per heavy atom. The zero-order chi connectivity index (χ0) is 14.9. The van der Waals surface area contributed by atoms with E-state index in [-0.39, 0.29) is 18.6 Å². The van der Waals surface area contributed by atoms with Gasteiger partial charge in [-0.05, 0) is 39.0 Å². The van der Waals surface area contributed by atoms with Crippen LogP contribution in [0.1, 0.15) is 28.5 Å². The van der Waals surface area contributed by atoms with E-state index < -0.39 is 0 Å². The monoisotopic (exact) mass is 272 g/mol. The van der Waals surface area contributed by atoms with E-state index in [0.29, 0.717) is 11.3 Å². The molecule has 0 aliphatic heterocycles. The molecule has 1 aromatic carbocycles. The van der Waals surface area contributed by atoms with E-state index in [4.69, 9.17) is 5.11 Å². The van der Waals surface area contributed by atoms with Crippen molar-refractivity contribution in [2.75, 3.05) is 13.7 Å². The molecule has 1 unspecified atom stereocenters. The van der Waals surface area contributed by atoms with Crippen LogP contribution in [0.2, 0.25) is 0 Å². The first-order chi connectivity index (χ1) is 9.43. The Balaban J connectivity index is 2.48. The number of rotatable bonds is 3. The highest BCUT2D eigenvalue weighted by Gasteiger charge is 2.19. The molecule has 0 radical (unpaired) electrons. The number of fused-ring (bicyclic) bond motifs is 1. The number of likely N-dealkylation sites (N-methyl/N-ethyl adjacent to an activating group) is 1. The standard InChI is InChI=1S/C16H20N2O2/c1-10-5-6-15-13(7-10)8-14(12(3)17-15)16(20)18(4)11(2)9-19/h5-8,11,19H,9H2,1-4H3. The highest BCUT2D eigenvalue weighted by molar-refractivity contribution is 5.98. The van der Waals surface area contributed by atoms with Gasteiger partial charge in [0.1, 0.15) is 0 Å². The van der Waals surface area contributed by atoms with Crippen LogP contribution < -0.4 is 0 Å². The van der Waals surface area contributed by atoms with Crippen LogP contribution in [0.5, 0.6) is 0 Å². The van der Waals surface area contributed by atoms with Gasteiger partial charge in [0, 0.05) is 12.4 Å². The molecule has 106 valence electrons. The molecule has 4 nitrogen and oxygen atoms in total. The summed E-state index contributed by atoms with van der Waals surface area (Å²) in [6.07, 6.45) is 0. The third kappa shape index (κ3) is 2.65. The van der Waals surface area contributed by atoms with E-state index in [1.165, 1.54) is 0 Å². The third-order valence-electron chi connectivity index (χ3n) is 3.64. The number of nitrogens with zero attached hydrogens (tertiary/aromatic N) is 2. The number of amides is 1. The highest BCUT2D eigenvalue weighted by atomic mass is 16.3. The molecule has 0 aliphatic carbocycles.